The molecule has 2 aromatic heterocycles. The van der Waals surface area contributed by atoms with Crippen LogP contribution in [0.5, 0.6) is 0 Å². The maximum Gasteiger partial charge on any atom is 0.287 e. The van der Waals surface area contributed by atoms with E-state index in [2.05, 4.69) is 28.1 Å². The van der Waals surface area contributed by atoms with Crippen LogP contribution in [0, 0.1) is 0 Å². The second kappa shape index (κ2) is 9.33. The summed E-state index contributed by atoms with van der Waals surface area (Å²) in [5.74, 6) is -0.839. The van der Waals surface area contributed by atoms with Crippen LogP contribution in [0.1, 0.15) is 15.4 Å². The van der Waals surface area contributed by atoms with E-state index in [1.54, 1.807) is 22.3 Å². The van der Waals surface area contributed by atoms with Crippen LogP contribution in [0.3, 0.4) is 0 Å². The maximum atomic E-state index is 12.3. The average Bonchev–Trinajstić information content (AvgIpc) is 3.39. The Kier molecular flexibility index (Phi) is 6.61. The lowest BCUT2D eigenvalue weighted by molar-refractivity contribution is -0.917. The number of furan rings is 1. The number of thiophene rings is 1. The summed E-state index contributed by atoms with van der Waals surface area (Å²) in [6.07, 6.45) is 1.38. The van der Waals surface area contributed by atoms with Gasteiger partial charge in [0.1, 0.15) is 6.54 Å². The Morgan fingerprint density at radius 1 is 1.11 bits per heavy atom. The zero-order valence-corrected chi connectivity index (χ0v) is 15.7. The number of carbonyl (C=O) groups is 3. The molecular formula is C18H23N4O4S+. The summed E-state index contributed by atoms with van der Waals surface area (Å²) < 4.78 is 4.94. The molecule has 0 spiro atoms. The molecule has 1 aliphatic rings. The fourth-order valence-corrected chi connectivity index (χ4v) is 3.69. The molecule has 1 aliphatic heterocycles. The maximum absolute atomic E-state index is 12.3. The molecule has 27 heavy (non-hydrogen) atoms. The van der Waals surface area contributed by atoms with Crippen molar-refractivity contribution in [2.24, 2.45) is 0 Å². The first-order valence-corrected chi connectivity index (χ1v) is 9.72. The van der Waals surface area contributed by atoms with Gasteiger partial charge in [-0.25, -0.2) is 0 Å². The fourth-order valence-electron chi connectivity index (χ4n) is 2.91. The van der Waals surface area contributed by atoms with Crippen molar-refractivity contribution >= 4 is 29.1 Å². The van der Waals surface area contributed by atoms with E-state index < -0.39 is 11.8 Å². The van der Waals surface area contributed by atoms with Crippen LogP contribution in [-0.4, -0.2) is 61.9 Å². The molecule has 3 amide bonds. The molecule has 1 saturated heterocycles. The number of hydrogen-bond donors (Lipinski definition) is 3. The van der Waals surface area contributed by atoms with Crippen LogP contribution in [-0.2, 0) is 16.1 Å². The molecule has 0 saturated carbocycles. The molecule has 3 N–H and O–H groups in total. The van der Waals surface area contributed by atoms with Crippen LogP contribution in [0.2, 0.25) is 0 Å². The highest BCUT2D eigenvalue weighted by Crippen LogP contribution is 2.06. The van der Waals surface area contributed by atoms with Gasteiger partial charge in [-0.2, -0.15) is 0 Å². The summed E-state index contributed by atoms with van der Waals surface area (Å²) in [6, 6.07) is 7.29. The van der Waals surface area contributed by atoms with Crippen molar-refractivity contribution in [3.63, 3.8) is 0 Å². The number of nitrogens with zero attached hydrogens (tertiary/aromatic N) is 1. The predicted octanol–water partition coefficient (Wildman–Crippen LogP) is -0.886. The van der Waals surface area contributed by atoms with Gasteiger partial charge in [0.15, 0.2) is 5.76 Å². The summed E-state index contributed by atoms with van der Waals surface area (Å²) in [5.41, 5.74) is 0. The third kappa shape index (κ3) is 5.66. The largest absolute Gasteiger partial charge is 0.459 e. The van der Waals surface area contributed by atoms with Gasteiger partial charge in [0.2, 0.25) is 11.8 Å². The molecule has 8 nitrogen and oxygen atoms in total. The van der Waals surface area contributed by atoms with Crippen molar-refractivity contribution in [2.45, 2.75) is 6.54 Å². The van der Waals surface area contributed by atoms with Crippen molar-refractivity contribution in [3.05, 3.63) is 46.5 Å². The van der Waals surface area contributed by atoms with Crippen molar-refractivity contribution in [2.75, 3.05) is 39.3 Å². The van der Waals surface area contributed by atoms with Crippen molar-refractivity contribution in [1.29, 1.82) is 0 Å². The zero-order chi connectivity index (χ0) is 19.1. The molecule has 2 aromatic rings. The number of nitrogens with one attached hydrogen (secondary N) is 3. The molecule has 0 aliphatic carbocycles. The normalized spacial score (nSPS) is 14.7. The van der Waals surface area contributed by atoms with Gasteiger partial charge >= 0.3 is 0 Å². The van der Waals surface area contributed by atoms with E-state index in [1.165, 1.54) is 22.1 Å². The quantitative estimate of drug-likeness (QED) is 0.571. The molecule has 3 heterocycles. The van der Waals surface area contributed by atoms with Crippen LogP contribution in [0.25, 0.3) is 0 Å². The summed E-state index contributed by atoms with van der Waals surface area (Å²) in [4.78, 5) is 40.3. The first-order chi connectivity index (χ1) is 13.1. The smallest absolute Gasteiger partial charge is 0.287 e. The van der Waals surface area contributed by atoms with Gasteiger partial charge in [-0.1, -0.05) is 6.07 Å². The van der Waals surface area contributed by atoms with Gasteiger partial charge in [0, 0.05) is 0 Å². The number of rotatable bonds is 7. The minimum Gasteiger partial charge on any atom is -0.459 e. The van der Waals surface area contributed by atoms with Gasteiger partial charge in [-0.05, 0) is 23.6 Å². The molecule has 0 radical (unpaired) electrons. The number of piperazine rings is 1. The molecule has 1 fully saturated rings. The Bertz CT molecular complexity index is 752. The first-order valence-electron chi connectivity index (χ1n) is 8.84. The first kappa shape index (κ1) is 19.1. The van der Waals surface area contributed by atoms with Gasteiger partial charge in [0.05, 0.1) is 50.4 Å². The minimum atomic E-state index is -0.466. The summed E-state index contributed by atoms with van der Waals surface area (Å²) in [6.45, 7) is 3.90. The van der Waals surface area contributed by atoms with Crippen LogP contribution < -0.4 is 15.5 Å². The SMILES string of the molecule is O=C(CNC(=O)c1ccco1)NCC(=O)N1CC[NH+](Cc2cccs2)CC1. The second-order valence-corrected chi connectivity index (χ2v) is 7.36. The lowest BCUT2D eigenvalue weighted by Crippen LogP contribution is -3.13. The van der Waals surface area contributed by atoms with Gasteiger partial charge in [0.25, 0.3) is 5.91 Å². The topological polar surface area (TPSA) is 96.1 Å². The molecule has 0 aromatic carbocycles. The van der Waals surface area contributed by atoms with Crippen molar-refractivity contribution in [1.82, 2.24) is 15.5 Å². The van der Waals surface area contributed by atoms with Gasteiger partial charge in [-0.3, -0.25) is 14.4 Å². The number of carbonyl (C=O) groups excluding carboxylic acids is 3. The molecule has 0 atom stereocenters. The van der Waals surface area contributed by atoms with Crippen molar-refractivity contribution < 1.29 is 23.7 Å². The second-order valence-electron chi connectivity index (χ2n) is 6.32. The van der Waals surface area contributed by atoms with E-state index in [9.17, 15) is 14.4 Å². The molecule has 0 bridgehead atoms. The zero-order valence-electron chi connectivity index (χ0n) is 14.9. The number of quaternary nitrogens is 1. The standard InChI is InChI=1S/C18H22N4O4S/c23-16(11-20-18(25)15-4-1-9-26-15)19-12-17(24)22-7-5-21(6-8-22)13-14-3-2-10-27-14/h1-4,9-10H,5-8,11-13H2,(H,19,23)(H,20,25)/p+1. The molecule has 9 heteroatoms. The average molecular weight is 391 g/mol. The summed E-state index contributed by atoms with van der Waals surface area (Å²) >= 11 is 1.76. The molecule has 3 rings (SSSR count). The van der Waals surface area contributed by atoms with E-state index in [0.29, 0.717) is 13.1 Å². The molecule has 0 unspecified atom stereocenters. The fraction of sp³-hybridized carbons (Fsp3) is 0.389. The Morgan fingerprint density at radius 3 is 2.59 bits per heavy atom. The summed E-state index contributed by atoms with van der Waals surface area (Å²) in [5, 5.41) is 7.07. The third-order valence-electron chi connectivity index (χ3n) is 4.42. The highest BCUT2D eigenvalue weighted by molar-refractivity contribution is 7.09. The van der Waals surface area contributed by atoms with Crippen LogP contribution >= 0.6 is 11.3 Å². The third-order valence-corrected chi connectivity index (χ3v) is 5.30. The Morgan fingerprint density at radius 2 is 1.93 bits per heavy atom. The highest BCUT2D eigenvalue weighted by atomic mass is 32.1. The Balaban J connectivity index is 1.32. The van der Waals surface area contributed by atoms with Crippen molar-refractivity contribution in [3.8, 4) is 0 Å². The van der Waals surface area contributed by atoms with Gasteiger partial charge in [-0.15, -0.1) is 11.3 Å². The number of hydrogen-bond acceptors (Lipinski definition) is 5. The summed E-state index contributed by atoms with van der Waals surface area (Å²) in [7, 11) is 0. The lowest BCUT2D eigenvalue weighted by Gasteiger charge is -2.32. The predicted molar refractivity (Wildman–Crippen MR) is 99.4 cm³/mol. The number of amides is 3. The van der Waals surface area contributed by atoms with E-state index in [0.717, 1.165) is 19.6 Å². The molecular weight excluding hydrogens is 368 g/mol. The Labute approximate surface area is 161 Å². The van der Waals surface area contributed by atoms with Gasteiger partial charge < -0.3 is 24.9 Å². The highest BCUT2D eigenvalue weighted by Gasteiger charge is 2.24. The lowest BCUT2D eigenvalue weighted by atomic mass is 10.3. The molecule has 144 valence electrons. The van der Waals surface area contributed by atoms with Crippen LogP contribution in [0.4, 0.5) is 0 Å². The van der Waals surface area contributed by atoms with E-state index in [-0.39, 0.29) is 24.8 Å². The van der Waals surface area contributed by atoms with E-state index in [4.69, 9.17) is 4.42 Å². The Hall–Kier alpha value is -2.65. The van der Waals surface area contributed by atoms with E-state index in [1.807, 2.05) is 0 Å². The van der Waals surface area contributed by atoms with E-state index >= 15 is 0 Å². The minimum absolute atomic E-state index is 0.0598. The van der Waals surface area contributed by atoms with Crippen LogP contribution in [0.15, 0.2) is 40.3 Å². The monoisotopic (exact) mass is 391 g/mol.